The molecule has 2 aliphatic heterocycles. The molecule has 0 unspecified atom stereocenters. The van der Waals surface area contributed by atoms with Gasteiger partial charge in [-0.05, 0) is 75.3 Å². The van der Waals surface area contributed by atoms with E-state index in [4.69, 9.17) is 4.98 Å². The van der Waals surface area contributed by atoms with Crippen molar-refractivity contribution in [2.45, 2.75) is 12.8 Å². The van der Waals surface area contributed by atoms with E-state index in [0.717, 1.165) is 61.1 Å². The lowest BCUT2D eigenvalue weighted by atomic mass is 9.96. The molecule has 0 spiro atoms. The van der Waals surface area contributed by atoms with Gasteiger partial charge in [0.05, 0.1) is 5.69 Å². The summed E-state index contributed by atoms with van der Waals surface area (Å²) in [5, 5.41) is 9.28. The Hall–Kier alpha value is -3.77. The predicted octanol–water partition coefficient (Wildman–Crippen LogP) is 3.13. The molecule has 0 bridgehead atoms. The number of hydroxylamine groups is 1. The maximum Gasteiger partial charge on any atom is 0.274 e. The van der Waals surface area contributed by atoms with E-state index in [2.05, 4.69) is 38.6 Å². The molecule has 2 saturated heterocycles. The number of carbonyl (C=O) groups excluding carboxylic acids is 1. The Balaban J connectivity index is 1.29. The zero-order valence-electron chi connectivity index (χ0n) is 21.8. The number of hydrogen-bond donors (Lipinski definition) is 2. The number of pyridine rings is 2. The second-order valence-corrected chi connectivity index (χ2v) is 10.1. The number of benzene rings is 1. The monoisotopic (exact) mass is 510 g/mol. The van der Waals surface area contributed by atoms with E-state index in [1.165, 1.54) is 25.9 Å². The average Bonchev–Trinajstić information content (AvgIpc) is 2.98. The van der Waals surface area contributed by atoms with Crippen molar-refractivity contribution in [2.24, 2.45) is 5.92 Å². The van der Waals surface area contributed by atoms with Crippen molar-refractivity contribution < 1.29 is 10.0 Å². The molecule has 38 heavy (non-hydrogen) atoms. The second-order valence-electron chi connectivity index (χ2n) is 10.1. The highest BCUT2D eigenvalue weighted by Gasteiger charge is 2.24. The number of carbonyl (C=O) groups is 1. The summed E-state index contributed by atoms with van der Waals surface area (Å²) in [6.45, 7) is 7.19. The number of anilines is 1. The highest BCUT2D eigenvalue weighted by atomic mass is 16.5. The molecule has 2 N–H and O–H groups in total. The summed E-state index contributed by atoms with van der Waals surface area (Å²) < 4.78 is 0. The van der Waals surface area contributed by atoms with Gasteiger partial charge in [-0.25, -0.2) is 10.5 Å². The van der Waals surface area contributed by atoms with Gasteiger partial charge in [-0.3, -0.25) is 19.9 Å². The number of piperidine rings is 1. The molecule has 0 radical (unpaired) electrons. The Morgan fingerprint density at radius 3 is 2.42 bits per heavy atom. The Bertz CT molecular complexity index is 1290. The van der Waals surface area contributed by atoms with Crippen LogP contribution in [0.1, 0.15) is 34.3 Å². The molecule has 4 heterocycles. The first-order valence-corrected chi connectivity index (χ1v) is 13.2. The van der Waals surface area contributed by atoms with Crippen molar-refractivity contribution in [1.82, 2.24) is 25.2 Å². The smallest absolute Gasteiger partial charge is 0.274 e. The average molecular weight is 511 g/mol. The summed E-state index contributed by atoms with van der Waals surface area (Å²) in [6.07, 6.45) is 6.00. The summed E-state index contributed by atoms with van der Waals surface area (Å²) in [6, 6.07) is 15.1. The third kappa shape index (κ3) is 6.56. The fraction of sp³-hybridized carbons (Fsp3) is 0.367. The van der Waals surface area contributed by atoms with Gasteiger partial charge in [-0.1, -0.05) is 24.0 Å². The molecule has 0 atom stereocenters. The molecule has 5 rings (SSSR count). The number of hydrogen-bond acceptors (Lipinski definition) is 7. The predicted molar refractivity (Wildman–Crippen MR) is 148 cm³/mol. The maximum absolute atomic E-state index is 12.4. The lowest BCUT2D eigenvalue weighted by Crippen LogP contribution is -2.49. The molecule has 2 aliphatic rings. The van der Waals surface area contributed by atoms with Gasteiger partial charge in [0.1, 0.15) is 5.82 Å². The molecule has 8 heteroatoms. The lowest BCUT2D eigenvalue weighted by molar-refractivity contribution is 0.0706. The van der Waals surface area contributed by atoms with Gasteiger partial charge in [-0.15, -0.1) is 0 Å². The van der Waals surface area contributed by atoms with Crippen LogP contribution in [0.3, 0.4) is 0 Å². The Morgan fingerprint density at radius 2 is 1.74 bits per heavy atom. The van der Waals surface area contributed by atoms with E-state index < -0.39 is 5.91 Å². The summed E-state index contributed by atoms with van der Waals surface area (Å²) in [7, 11) is 2.20. The van der Waals surface area contributed by atoms with Crippen LogP contribution < -0.4 is 10.4 Å². The first-order chi connectivity index (χ1) is 18.6. The van der Waals surface area contributed by atoms with Crippen LogP contribution in [0.2, 0.25) is 0 Å². The normalized spacial score (nSPS) is 17.1. The summed E-state index contributed by atoms with van der Waals surface area (Å²) in [5.41, 5.74) is 5.44. The number of piperazine rings is 1. The maximum atomic E-state index is 12.4. The minimum Gasteiger partial charge on any atom is -0.354 e. The fourth-order valence-corrected chi connectivity index (χ4v) is 5.10. The standard InChI is InChI=1S/C30H34N6O2/c1-34-13-10-25(11-14-34)22-35-15-17-36(18-16-35)29-20-27(30(37)33-38)19-28(32-29)26-8-6-23(7-9-26)4-5-24-3-2-12-31-21-24/h2-3,6-9,12,19-21,25,38H,10-11,13-18,22H2,1H3,(H,33,37). The second kappa shape index (κ2) is 12.2. The molecule has 0 saturated carbocycles. The lowest BCUT2D eigenvalue weighted by Gasteiger charge is -2.38. The highest BCUT2D eigenvalue weighted by molar-refractivity contribution is 5.95. The van der Waals surface area contributed by atoms with Crippen LogP contribution in [0, 0.1) is 17.8 Å². The van der Waals surface area contributed by atoms with Crippen LogP contribution in [-0.2, 0) is 0 Å². The molecule has 8 nitrogen and oxygen atoms in total. The molecule has 1 amide bonds. The molecule has 0 aliphatic carbocycles. The van der Waals surface area contributed by atoms with Crippen molar-refractivity contribution in [3.8, 4) is 23.1 Å². The number of aromatic nitrogens is 2. The SMILES string of the molecule is CN1CCC(CN2CCN(c3cc(C(=O)NO)cc(-c4ccc(C#Cc5cccnc5)cc4)n3)CC2)CC1. The first-order valence-electron chi connectivity index (χ1n) is 13.2. The number of nitrogens with zero attached hydrogens (tertiary/aromatic N) is 5. The summed E-state index contributed by atoms with van der Waals surface area (Å²) >= 11 is 0. The van der Waals surface area contributed by atoms with E-state index >= 15 is 0 Å². The van der Waals surface area contributed by atoms with E-state index in [9.17, 15) is 10.0 Å². The fourth-order valence-electron chi connectivity index (χ4n) is 5.10. The number of likely N-dealkylation sites (tertiary alicyclic amines) is 1. The number of nitrogens with one attached hydrogen (secondary N) is 1. The minimum absolute atomic E-state index is 0.377. The Morgan fingerprint density at radius 1 is 1.00 bits per heavy atom. The van der Waals surface area contributed by atoms with Gasteiger partial charge in [0.2, 0.25) is 0 Å². The number of amides is 1. The van der Waals surface area contributed by atoms with Gasteiger partial charge < -0.3 is 9.80 Å². The van der Waals surface area contributed by atoms with Crippen LogP contribution in [0.5, 0.6) is 0 Å². The molecule has 3 aromatic rings. The third-order valence-corrected chi connectivity index (χ3v) is 7.42. The van der Waals surface area contributed by atoms with Crippen molar-refractivity contribution in [1.29, 1.82) is 0 Å². The largest absolute Gasteiger partial charge is 0.354 e. The Kier molecular flexibility index (Phi) is 8.29. The van der Waals surface area contributed by atoms with Crippen molar-refractivity contribution in [3.05, 3.63) is 77.6 Å². The molecule has 196 valence electrons. The van der Waals surface area contributed by atoms with Crippen LogP contribution >= 0.6 is 0 Å². The summed E-state index contributed by atoms with van der Waals surface area (Å²) in [5.74, 6) is 7.25. The van der Waals surface area contributed by atoms with E-state index in [1.54, 1.807) is 30.0 Å². The molecule has 2 fully saturated rings. The van der Waals surface area contributed by atoms with Crippen LogP contribution in [0.15, 0.2) is 60.9 Å². The first kappa shape index (κ1) is 25.9. The quantitative estimate of drug-likeness (QED) is 0.310. The Labute approximate surface area is 224 Å². The van der Waals surface area contributed by atoms with E-state index in [0.29, 0.717) is 11.3 Å². The van der Waals surface area contributed by atoms with Crippen molar-refractivity contribution >= 4 is 11.7 Å². The van der Waals surface area contributed by atoms with E-state index in [1.807, 2.05) is 36.4 Å². The van der Waals surface area contributed by atoms with Gasteiger partial charge in [0.15, 0.2) is 0 Å². The third-order valence-electron chi connectivity index (χ3n) is 7.42. The molecule has 1 aromatic carbocycles. The molecular weight excluding hydrogens is 476 g/mol. The van der Waals surface area contributed by atoms with Crippen LogP contribution in [0.25, 0.3) is 11.3 Å². The van der Waals surface area contributed by atoms with Crippen molar-refractivity contribution in [3.63, 3.8) is 0 Å². The van der Waals surface area contributed by atoms with Gasteiger partial charge >= 0.3 is 0 Å². The zero-order chi connectivity index (χ0) is 26.3. The zero-order valence-corrected chi connectivity index (χ0v) is 21.8. The van der Waals surface area contributed by atoms with Crippen molar-refractivity contribution in [2.75, 3.05) is 57.8 Å². The summed E-state index contributed by atoms with van der Waals surface area (Å²) in [4.78, 5) is 28.6. The topological polar surface area (TPSA) is 84.8 Å². The highest BCUT2D eigenvalue weighted by Crippen LogP contribution is 2.25. The van der Waals surface area contributed by atoms with Gasteiger partial charge in [-0.2, -0.15) is 0 Å². The van der Waals surface area contributed by atoms with Crippen LogP contribution in [0.4, 0.5) is 5.82 Å². The van der Waals surface area contributed by atoms with Gasteiger partial charge in [0.25, 0.3) is 5.91 Å². The minimum atomic E-state index is -0.547. The molecule has 2 aromatic heterocycles. The molecular formula is C30H34N6O2. The number of rotatable bonds is 5. The van der Waals surface area contributed by atoms with Gasteiger partial charge in [0, 0.05) is 67.4 Å². The van der Waals surface area contributed by atoms with Crippen LogP contribution in [-0.4, -0.2) is 83.7 Å². The van der Waals surface area contributed by atoms with E-state index in [-0.39, 0.29) is 0 Å².